The summed E-state index contributed by atoms with van der Waals surface area (Å²) < 4.78 is 7.46. The first kappa shape index (κ1) is 19.1. The normalized spacial score (nSPS) is 13.3. The Kier molecular flexibility index (Phi) is 6.21. The van der Waals surface area contributed by atoms with Crippen molar-refractivity contribution in [2.75, 3.05) is 13.2 Å². The average Bonchev–Trinajstić information content (AvgIpc) is 3.20. The summed E-state index contributed by atoms with van der Waals surface area (Å²) in [6.07, 6.45) is 2.60. The lowest BCUT2D eigenvalue weighted by Gasteiger charge is -2.19. The number of aliphatic hydroxyl groups is 1. The molecule has 0 amide bonds. The fourth-order valence-corrected chi connectivity index (χ4v) is 2.89. The van der Waals surface area contributed by atoms with Crippen LogP contribution in [-0.4, -0.2) is 39.1 Å². The van der Waals surface area contributed by atoms with Gasteiger partial charge in [-0.05, 0) is 50.1 Å². The first-order valence-electron chi connectivity index (χ1n) is 9.09. The van der Waals surface area contributed by atoms with Crippen LogP contribution in [0.1, 0.15) is 29.7 Å². The highest BCUT2D eigenvalue weighted by molar-refractivity contribution is 5.36. The van der Waals surface area contributed by atoms with Crippen molar-refractivity contribution in [2.24, 2.45) is 0 Å². The number of aromatic nitrogens is 3. The average molecular weight is 366 g/mol. The van der Waals surface area contributed by atoms with Gasteiger partial charge >= 0.3 is 0 Å². The van der Waals surface area contributed by atoms with Gasteiger partial charge in [0.1, 0.15) is 31.1 Å². The Hall–Kier alpha value is -2.70. The van der Waals surface area contributed by atoms with E-state index in [0.717, 1.165) is 22.6 Å². The number of hydrogen-bond donors (Lipinski definition) is 2. The molecule has 0 aliphatic heterocycles. The molecule has 2 aromatic carbocycles. The number of nitrogens with one attached hydrogen (secondary N) is 1. The Morgan fingerprint density at radius 2 is 1.93 bits per heavy atom. The molecule has 0 aliphatic rings. The predicted octanol–water partition coefficient (Wildman–Crippen LogP) is 2.97. The Bertz CT molecular complexity index is 847. The summed E-state index contributed by atoms with van der Waals surface area (Å²) in [7, 11) is 0. The minimum Gasteiger partial charge on any atom is -0.491 e. The zero-order valence-corrected chi connectivity index (χ0v) is 16.0. The largest absolute Gasteiger partial charge is 0.491 e. The van der Waals surface area contributed by atoms with E-state index >= 15 is 0 Å². The molecule has 2 atom stereocenters. The molecule has 27 heavy (non-hydrogen) atoms. The molecule has 0 radical (unpaired) electrons. The van der Waals surface area contributed by atoms with Crippen LogP contribution in [-0.2, 0) is 0 Å². The molecule has 0 aliphatic carbocycles. The van der Waals surface area contributed by atoms with Crippen molar-refractivity contribution in [3.8, 4) is 11.4 Å². The zero-order chi connectivity index (χ0) is 19.2. The molecule has 0 unspecified atom stereocenters. The minimum absolute atomic E-state index is 0.116. The topological polar surface area (TPSA) is 72.2 Å². The number of aryl methyl sites for hydroxylation is 2. The fourth-order valence-electron chi connectivity index (χ4n) is 2.89. The molecule has 3 aromatic rings. The van der Waals surface area contributed by atoms with Gasteiger partial charge in [-0.2, -0.15) is 5.10 Å². The van der Waals surface area contributed by atoms with Crippen molar-refractivity contribution in [1.82, 2.24) is 20.1 Å². The van der Waals surface area contributed by atoms with Crippen molar-refractivity contribution in [2.45, 2.75) is 32.9 Å². The number of aliphatic hydroxyl groups excluding tert-OH is 1. The molecule has 0 fully saturated rings. The molecule has 142 valence electrons. The number of hydrogen-bond acceptors (Lipinski definition) is 5. The summed E-state index contributed by atoms with van der Waals surface area (Å²) in [5, 5.41) is 17.7. The van der Waals surface area contributed by atoms with E-state index < -0.39 is 6.10 Å². The maximum atomic E-state index is 10.2. The lowest BCUT2D eigenvalue weighted by Crippen LogP contribution is -2.33. The second-order valence-corrected chi connectivity index (χ2v) is 6.80. The zero-order valence-electron chi connectivity index (χ0n) is 16.0. The summed E-state index contributed by atoms with van der Waals surface area (Å²) in [5.41, 5.74) is 4.38. The first-order chi connectivity index (χ1) is 13.0. The Morgan fingerprint density at radius 3 is 2.59 bits per heavy atom. The summed E-state index contributed by atoms with van der Waals surface area (Å²) in [4.78, 5) is 3.95. The maximum absolute atomic E-state index is 10.2. The SMILES string of the molecule is Cc1ccc(OC[C@@H](O)CN[C@@H](C)c2ccc(-n3cncn3)cc2)c(C)c1. The van der Waals surface area contributed by atoms with Crippen LogP contribution in [0.4, 0.5) is 0 Å². The van der Waals surface area contributed by atoms with Crippen LogP contribution in [0.2, 0.25) is 0 Å². The van der Waals surface area contributed by atoms with Crippen molar-refractivity contribution in [1.29, 1.82) is 0 Å². The standard InChI is InChI=1S/C21H26N4O2/c1-15-4-9-21(16(2)10-15)27-12-20(26)11-23-17(3)18-5-7-19(8-6-18)25-14-22-13-24-25/h4-10,13-14,17,20,23,26H,11-12H2,1-3H3/t17-,20-/m0/s1. The Morgan fingerprint density at radius 1 is 1.15 bits per heavy atom. The molecule has 1 aromatic heterocycles. The summed E-state index contributed by atoms with van der Waals surface area (Å²) >= 11 is 0. The predicted molar refractivity (Wildman–Crippen MR) is 105 cm³/mol. The third kappa shape index (κ3) is 5.15. The highest BCUT2D eigenvalue weighted by Crippen LogP contribution is 2.19. The van der Waals surface area contributed by atoms with Crippen LogP contribution >= 0.6 is 0 Å². The fraction of sp³-hybridized carbons (Fsp3) is 0.333. The van der Waals surface area contributed by atoms with Crippen LogP contribution in [0.3, 0.4) is 0 Å². The van der Waals surface area contributed by atoms with Gasteiger partial charge in [0.2, 0.25) is 0 Å². The molecule has 3 rings (SSSR count). The van der Waals surface area contributed by atoms with Gasteiger partial charge in [0, 0.05) is 12.6 Å². The van der Waals surface area contributed by atoms with E-state index in [1.807, 2.05) is 43.3 Å². The van der Waals surface area contributed by atoms with Gasteiger partial charge in [0.05, 0.1) is 5.69 Å². The summed E-state index contributed by atoms with van der Waals surface area (Å²) in [6.45, 7) is 6.85. The van der Waals surface area contributed by atoms with Gasteiger partial charge in [-0.25, -0.2) is 9.67 Å². The lowest BCUT2D eigenvalue weighted by atomic mass is 10.1. The minimum atomic E-state index is -0.581. The molecule has 0 saturated carbocycles. The van der Waals surface area contributed by atoms with E-state index in [4.69, 9.17) is 4.74 Å². The quantitative estimate of drug-likeness (QED) is 0.641. The van der Waals surface area contributed by atoms with E-state index in [9.17, 15) is 5.11 Å². The van der Waals surface area contributed by atoms with E-state index in [-0.39, 0.29) is 12.6 Å². The molecule has 6 nitrogen and oxygen atoms in total. The van der Waals surface area contributed by atoms with Crippen molar-refractivity contribution in [3.05, 3.63) is 71.8 Å². The number of rotatable bonds is 8. The van der Waals surface area contributed by atoms with Crippen molar-refractivity contribution in [3.63, 3.8) is 0 Å². The molecule has 6 heteroatoms. The van der Waals surface area contributed by atoms with Crippen LogP contribution in [0.5, 0.6) is 5.75 Å². The van der Waals surface area contributed by atoms with Gasteiger partial charge in [-0.15, -0.1) is 0 Å². The second-order valence-electron chi connectivity index (χ2n) is 6.80. The maximum Gasteiger partial charge on any atom is 0.138 e. The molecular formula is C21H26N4O2. The van der Waals surface area contributed by atoms with Crippen LogP contribution in [0, 0.1) is 13.8 Å². The highest BCUT2D eigenvalue weighted by Gasteiger charge is 2.11. The lowest BCUT2D eigenvalue weighted by molar-refractivity contribution is 0.104. The monoisotopic (exact) mass is 366 g/mol. The number of nitrogens with zero attached hydrogens (tertiary/aromatic N) is 3. The van der Waals surface area contributed by atoms with E-state index in [0.29, 0.717) is 6.54 Å². The van der Waals surface area contributed by atoms with E-state index in [1.165, 1.54) is 11.9 Å². The van der Waals surface area contributed by atoms with E-state index in [1.54, 1.807) is 11.0 Å². The molecule has 0 saturated heterocycles. The summed E-state index contributed by atoms with van der Waals surface area (Å²) in [5.74, 6) is 0.816. The molecule has 1 heterocycles. The van der Waals surface area contributed by atoms with E-state index in [2.05, 4.69) is 35.3 Å². The molecule has 2 N–H and O–H groups in total. The smallest absolute Gasteiger partial charge is 0.138 e. The Labute approximate surface area is 159 Å². The molecule has 0 spiro atoms. The first-order valence-corrected chi connectivity index (χ1v) is 9.09. The number of ether oxygens (including phenoxy) is 1. The molecular weight excluding hydrogens is 340 g/mol. The third-order valence-electron chi connectivity index (χ3n) is 4.50. The van der Waals surface area contributed by atoms with Crippen molar-refractivity contribution < 1.29 is 9.84 Å². The van der Waals surface area contributed by atoms with Gasteiger partial charge < -0.3 is 15.2 Å². The van der Waals surface area contributed by atoms with Crippen molar-refractivity contribution >= 4 is 0 Å². The van der Waals surface area contributed by atoms with Gasteiger partial charge in [0.15, 0.2) is 0 Å². The van der Waals surface area contributed by atoms with Crippen LogP contribution in [0.15, 0.2) is 55.1 Å². The van der Waals surface area contributed by atoms with Gasteiger partial charge in [-0.1, -0.05) is 29.8 Å². The van der Waals surface area contributed by atoms with Gasteiger partial charge in [-0.3, -0.25) is 0 Å². The summed E-state index contributed by atoms with van der Waals surface area (Å²) in [6, 6.07) is 14.3. The number of benzene rings is 2. The highest BCUT2D eigenvalue weighted by atomic mass is 16.5. The third-order valence-corrected chi connectivity index (χ3v) is 4.50. The molecule has 0 bridgehead atoms. The second kappa shape index (κ2) is 8.79. The van der Waals surface area contributed by atoms with Crippen LogP contribution in [0.25, 0.3) is 5.69 Å². The van der Waals surface area contributed by atoms with Crippen LogP contribution < -0.4 is 10.1 Å². The Balaban J connectivity index is 1.47. The van der Waals surface area contributed by atoms with Gasteiger partial charge in [0.25, 0.3) is 0 Å².